The lowest BCUT2D eigenvalue weighted by Crippen LogP contribution is -2.41. The highest BCUT2D eigenvalue weighted by Crippen LogP contribution is 2.47. The molecule has 0 spiro atoms. The first kappa shape index (κ1) is 14.0. The van der Waals surface area contributed by atoms with Gasteiger partial charge in [-0.25, -0.2) is 0 Å². The van der Waals surface area contributed by atoms with Crippen molar-refractivity contribution in [3.05, 3.63) is 29.6 Å². The summed E-state index contributed by atoms with van der Waals surface area (Å²) in [7, 11) is 1.87. The monoisotopic (exact) mass is 300 g/mol. The highest BCUT2D eigenvalue weighted by Gasteiger charge is 2.53. The Labute approximate surface area is 131 Å². The molecule has 0 saturated carbocycles. The number of likely N-dealkylation sites (tertiary alicyclic amines) is 1. The van der Waals surface area contributed by atoms with Gasteiger partial charge in [-0.05, 0) is 31.4 Å². The minimum absolute atomic E-state index is 0.496. The Hall–Kier alpha value is -1.62. The van der Waals surface area contributed by atoms with Crippen LogP contribution in [0.15, 0.2) is 23.3 Å². The quantitative estimate of drug-likeness (QED) is 0.665. The number of pyridine rings is 1. The van der Waals surface area contributed by atoms with E-state index in [1.54, 1.807) is 0 Å². The number of guanidine groups is 1. The molecule has 22 heavy (non-hydrogen) atoms. The molecule has 3 fully saturated rings. The van der Waals surface area contributed by atoms with E-state index in [0.29, 0.717) is 24.0 Å². The first-order chi connectivity index (χ1) is 10.8. The summed E-state index contributed by atoms with van der Waals surface area (Å²) < 4.78 is 6.05. The maximum Gasteiger partial charge on any atom is 0.193 e. The Bertz CT molecular complexity index is 570. The van der Waals surface area contributed by atoms with Gasteiger partial charge in [-0.3, -0.25) is 9.98 Å². The molecule has 0 radical (unpaired) electrons. The number of hydrogen-bond acceptors (Lipinski definition) is 3. The summed E-state index contributed by atoms with van der Waals surface area (Å²) in [6.07, 6.45) is 5.34. The highest BCUT2D eigenvalue weighted by molar-refractivity contribution is 5.80. The molecule has 3 aliphatic heterocycles. The van der Waals surface area contributed by atoms with Gasteiger partial charge in [0.25, 0.3) is 0 Å². The van der Waals surface area contributed by atoms with E-state index in [9.17, 15) is 0 Å². The summed E-state index contributed by atoms with van der Waals surface area (Å²) in [4.78, 5) is 11.3. The van der Waals surface area contributed by atoms with Crippen LogP contribution in [0, 0.1) is 18.8 Å². The minimum Gasteiger partial charge on any atom is -0.374 e. The van der Waals surface area contributed by atoms with Crippen LogP contribution in [0.5, 0.6) is 0 Å². The molecule has 4 rings (SSSR count). The molecule has 5 nitrogen and oxygen atoms in total. The largest absolute Gasteiger partial charge is 0.374 e. The van der Waals surface area contributed by atoms with Crippen LogP contribution in [0.25, 0.3) is 0 Å². The van der Waals surface area contributed by atoms with Crippen LogP contribution < -0.4 is 5.32 Å². The lowest BCUT2D eigenvalue weighted by atomic mass is 9.82. The van der Waals surface area contributed by atoms with Gasteiger partial charge in [-0.1, -0.05) is 6.07 Å². The number of aliphatic imine (C=N–C) groups is 1. The van der Waals surface area contributed by atoms with Gasteiger partial charge in [0, 0.05) is 38.2 Å². The molecular weight excluding hydrogens is 276 g/mol. The molecule has 2 bridgehead atoms. The van der Waals surface area contributed by atoms with Gasteiger partial charge >= 0.3 is 0 Å². The average Bonchev–Trinajstić information content (AvgIpc) is 3.22. The van der Waals surface area contributed by atoms with E-state index in [4.69, 9.17) is 4.74 Å². The van der Waals surface area contributed by atoms with E-state index in [-0.39, 0.29) is 0 Å². The van der Waals surface area contributed by atoms with E-state index in [0.717, 1.165) is 31.3 Å². The van der Waals surface area contributed by atoms with Crippen LogP contribution in [0.4, 0.5) is 0 Å². The van der Waals surface area contributed by atoms with Crippen molar-refractivity contribution in [1.82, 2.24) is 15.2 Å². The molecular formula is C17H24N4O. The molecule has 4 unspecified atom stereocenters. The Balaban J connectivity index is 1.40. The molecule has 1 aromatic heterocycles. The fourth-order valence-corrected chi connectivity index (χ4v) is 4.33. The van der Waals surface area contributed by atoms with Crippen molar-refractivity contribution >= 4 is 5.96 Å². The van der Waals surface area contributed by atoms with Gasteiger partial charge in [0.2, 0.25) is 0 Å². The van der Waals surface area contributed by atoms with Crippen molar-refractivity contribution in [2.75, 3.05) is 20.1 Å². The lowest BCUT2D eigenvalue weighted by Gasteiger charge is -2.23. The van der Waals surface area contributed by atoms with Crippen LogP contribution in [-0.4, -0.2) is 48.2 Å². The fraction of sp³-hybridized carbons (Fsp3) is 0.647. The smallest absolute Gasteiger partial charge is 0.193 e. The van der Waals surface area contributed by atoms with Crippen LogP contribution in [0.1, 0.15) is 24.1 Å². The Kier molecular flexibility index (Phi) is 3.53. The van der Waals surface area contributed by atoms with Gasteiger partial charge in [-0.2, -0.15) is 0 Å². The number of hydrogen-bond donors (Lipinski definition) is 1. The summed E-state index contributed by atoms with van der Waals surface area (Å²) in [5.41, 5.74) is 2.31. The minimum atomic E-state index is 0.496. The third-order valence-corrected chi connectivity index (χ3v) is 5.50. The summed E-state index contributed by atoms with van der Waals surface area (Å²) >= 11 is 0. The number of nitrogens with zero attached hydrogens (tertiary/aromatic N) is 3. The van der Waals surface area contributed by atoms with Crippen molar-refractivity contribution in [2.24, 2.45) is 16.8 Å². The Morgan fingerprint density at radius 3 is 2.73 bits per heavy atom. The second-order valence-corrected chi connectivity index (χ2v) is 6.69. The fourth-order valence-electron chi connectivity index (χ4n) is 4.33. The lowest BCUT2D eigenvalue weighted by molar-refractivity contribution is 0.0767. The molecule has 118 valence electrons. The van der Waals surface area contributed by atoms with Crippen LogP contribution in [0.2, 0.25) is 0 Å². The molecule has 0 aromatic carbocycles. The first-order valence-corrected chi connectivity index (χ1v) is 8.28. The molecule has 3 saturated heterocycles. The zero-order valence-electron chi connectivity index (χ0n) is 13.3. The number of aromatic nitrogens is 1. The molecule has 0 aliphatic carbocycles. The van der Waals surface area contributed by atoms with Crippen molar-refractivity contribution in [3.8, 4) is 0 Å². The van der Waals surface area contributed by atoms with E-state index < -0.39 is 0 Å². The number of aryl methyl sites for hydroxylation is 1. The zero-order valence-corrected chi connectivity index (χ0v) is 13.3. The van der Waals surface area contributed by atoms with Gasteiger partial charge in [0.15, 0.2) is 5.96 Å². The molecule has 3 aliphatic rings. The maximum atomic E-state index is 6.05. The molecule has 4 atom stereocenters. The SMILES string of the molecule is CN=C(NCc1ncccc1C)N1CC2C3CCC(O3)C2C1. The third kappa shape index (κ3) is 2.28. The predicted octanol–water partition coefficient (Wildman–Crippen LogP) is 1.57. The third-order valence-electron chi connectivity index (χ3n) is 5.50. The summed E-state index contributed by atoms with van der Waals surface area (Å²) in [6.45, 7) is 4.98. The Morgan fingerprint density at radius 1 is 1.36 bits per heavy atom. The average molecular weight is 300 g/mol. The van der Waals surface area contributed by atoms with Gasteiger partial charge in [-0.15, -0.1) is 0 Å². The van der Waals surface area contributed by atoms with Crippen molar-refractivity contribution in [3.63, 3.8) is 0 Å². The number of ether oxygens (including phenoxy) is 1. The van der Waals surface area contributed by atoms with E-state index in [1.807, 2.05) is 19.3 Å². The molecule has 1 N–H and O–H groups in total. The van der Waals surface area contributed by atoms with Crippen molar-refractivity contribution in [1.29, 1.82) is 0 Å². The number of fused-ring (bicyclic) bond motifs is 5. The number of nitrogens with one attached hydrogen (secondary N) is 1. The van der Waals surface area contributed by atoms with Crippen LogP contribution in [-0.2, 0) is 11.3 Å². The number of rotatable bonds is 2. The Morgan fingerprint density at radius 2 is 2.09 bits per heavy atom. The summed E-state index contributed by atoms with van der Waals surface area (Å²) in [5, 5.41) is 3.48. The standard InChI is InChI=1S/C17H24N4O/c1-11-4-3-7-19-14(11)8-20-17(18-2)21-9-12-13(10-21)16-6-5-15(12)22-16/h3-4,7,12-13,15-16H,5-6,8-10H2,1-2H3,(H,18,20). The summed E-state index contributed by atoms with van der Waals surface area (Å²) in [6, 6.07) is 4.08. The van der Waals surface area contributed by atoms with Gasteiger partial charge in [0.1, 0.15) is 0 Å². The second kappa shape index (κ2) is 5.54. The normalized spacial score (nSPS) is 33.4. The topological polar surface area (TPSA) is 49.8 Å². The van der Waals surface area contributed by atoms with Crippen molar-refractivity contribution < 1.29 is 4.74 Å². The highest BCUT2D eigenvalue weighted by atomic mass is 16.5. The molecule has 5 heteroatoms. The van der Waals surface area contributed by atoms with Crippen LogP contribution >= 0.6 is 0 Å². The maximum absolute atomic E-state index is 6.05. The summed E-state index contributed by atoms with van der Waals surface area (Å²) in [5.74, 6) is 2.40. The second-order valence-electron chi connectivity index (χ2n) is 6.69. The predicted molar refractivity (Wildman–Crippen MR) is 85.6 cm³/mol. The van der Waals surface area contributed by atoms with Crippen LogP contribution in [0.3, 0.4) is 0 Å². The van der Waals surface area contributed by atoms with E-state index >= 15 is 0 Å². The molecule has 0 amide bonds. The molecule has 1 aromatic rings. The molecule has 4 heterocycles. The zero-order chi connectivity index (χ0) is 15.1. The van der Waals surface area contributed by atoms with E-state index in [1.165, 1.54) is 18.4 Å². The van der Waals surface area contributed by atoms with Crippen molar-refractivity contribution in [2.45, 2.75) is 38.5 Å². The van der Waals surface area contributed by atoms with E-state index in [2.05, 4.69) is 33.2 Å². The van der Waals surface area contributed by atoms with Gasteiger partial charge in [0.05, 0.1) is 24.4 Å². The van der Waals surface area contributed by atoms with Gasteiger partial charge < -0.3 is 15.0 Å². The first-order valence-electron chi connectivity index (χ1n) is 8.28.